The first kappa shape index (κ1) is 9.85. The van der Waals surface area contributed by atoms with Crippen LogP contribution in [0.1, 0.15) is 13.8 Å². The van der Waals surface area contributed by atoms with Gasteiger partial charge >= 0.3 is 0 Å². The monoisotopic (exact) mass is 149 g/mol. The van der Waals surface area contributed by atoms with Gasteiger partial charge in [0, 0.05) is 13.1 Å². The number of halogens is 1. The van der Waals surface area contributed by atoms with Crippen molar-refractivity contribution in [1.82, 2.24) is 5.32 Å². The highest BCUT2D eigenvalue weighted by atomic mass is 19.1. The number of rotatable bonds is 6. The molecule has 0 aromatic carbocycles. The van der Waals surface area contributed by atoms with Crippen LogP contribution < -0.4 is 5.32 Å². The van der Waals surface area contributed by atoms with Crippen LogP contribution in [0.2, 0.25) is 0 Å². The molecule has 0 saturated heterocycles. The Balaban J connectivity index is 2.77. The number of hydrogen-bond donors (Lipinski definition) is 1. The van der Waals surface area contributed by atoms with Crippen molar-refractivity contribution in [3.63, 3.8) is 0 Å². The predicted octanol–water partition coefficient (Wildman–Crippen LogP) is 0.970. The zero-order valence-corrected chi connectivity index (χ0v) is 6.69. The molecular formula is C7H16FNO. The van der Waals surface area contributed by atoms with Gasteiger partial charge in [-0.2, -0.15) is 0 Å². The largest absolute Gasteiger partial charge is 0.377 e. The van der Waals surface area contributed by atoms with Gasteiger partial charge in [0.05, 0.1) is 12.7 Å². The zero-order valence-electron chi connectivity index (χ0n) is 6.69. The summed E-state index contributed by atoms with van der Waals surface area (Å²) in [6, 6.07) is 0. The molecule has 0 amide bonds. The van der Waals surface area contributed by atoms with E-state index in [0.29, 0.717) is 13.2 Å². The summed E-state index contributed by atoms with van der Waals surface area (Å²) in [5.74, 6) is 0. The summed E-state index contributed by atoms with van der Waals surface area (Å²) < 4.78 is 16.7. The summed E-state index contributed by atoms with van der Waals surface area (Å²) in [5, 5.41) is 2.89. The quantitative estimate of drug-likeness (QED) is 0.568. The van der Waals surface area contributed by atoms with Crippen LogP contribution in [0.25, 0.3) is 0 Å². The van der Waals surface area contributed by atoms with Crippen molar-refractivity contribution in [2.75, 3.05) is 26.4 Å². The lowest BCUT2D eigenvalue weighted by atomic mass is 10.5. The van der Waals surface area contributed by atoms with Crippen molar-refractivity contribution < 1.29 is 9.13 Å². The van der Waals surface area contributed by atoms with Gasteiger partial charge in [-0.25, -0.2) is 4.39 Å². The van der Waals surface area contributed by atoms with E-state index >= 15 is 0 Å². The van der Waals surface area contributed by atoms with Gasteiger partial charge in [-0.05, 0) is 13.8 Å². The maximum Gasteiger partial charge on any atom is 0.102 e. The third-order valence-electron chi connectivity index (χ3n) is 1.00. The first-order valence-corrected chi connectivity index (χ1v) is 3.65. The predicted molar refractivity (Wildman–Crippen MR) is 39.9 cm³/mol. The zero-order chi connectivity index (χ0) is 7.82. The summed E-state index contributed by atoms with van der Waals surface area (Å²) in [6.45, 7) is 5.49. The maximum absolute atomic E-state index is 11.5. The van der Waals surface area contributed by atoms with Gasteiger partial charge in [-0.15, -0.1) is 0 Å². The molecule has 0 spiro atoms. The molecule has 0 heterocycles. The molecule has 1 N–H and O–H groups in total. The van der Waals surface area contributed by atoms with E-state index in [4.69, 9.17) is 4.74 Å². The molecule has 0 bridgehead atoms. The third kappa shape index (κ3) is 7.85. The van der Waals surface area contributed by atoms with Crippen LogP contribution in [0.4, 0.5) is 4.39 Å². The SMILES string of the molecule is CC(C)OCCNCCF. The Hall–Kier alpha value is -0.150. The summed E-state index contributed by atoms with van der Waals surface area (Å²) in [7, 11) is 0. The van der Waals surface area contributed by atoms with Crippen LogP contribution in [-0.4, -0.2) is 32.5 Å². The maximum atomic E-state index is 11.5. The average molecular weight is 149 g/mol. The van der Waals surface area contributed by atoms with Crippen LogP contribution in [0.3, 0.4) is 0 Å². The Morgan fingerprint density at radius 3 is 2.60 bits per heavy atom. The second-order valence-corrected chi connectivity index (χ2v) is 2.36. The number of hydrogen-bond acceptors (Lipinski definition) is 2. The van der Waals surface area contributed by atoms with E-state index in [2.05, 4.69) is 5.32 Å². The summed E-state index contributed by atoms with van der Waals surface area (Å²) >= 11 is 0. The fourth-order valence-electron chi connectivity index (χ4n) is 0.559. The average Bonchev–Trinajstić information content (AvgIpc) is 1.87. The standard InChI is InChI=1S/C7H16FNO/c1-7(2)10-6-5-9-4-3-8/h7,9H,3-6H2,1-2H3. The second-order valence-electron chi connectivity index (χ2n) is 2.36. The Morgan fingerprint density at radius 2 is 2.10 bits per heavy atom. The van der Waals surface area contributed by atoms with Gasteiger partial charge in [0.1, 0.15) is 6.67 Å². The van der Waals surface area contributed by atoms with Crippen LogP contribution in [0, 0.1) is 0 Å². The first-order valence-electron chi connectivity index (χ1n) is 3.65. The van der Waals surface area contributed by atoms with E-state index in [1.54, 1.807) is 0 Å². The van der Waals surface area contributed by atoms with Gasteiger partial charge in [-0.1, -0.05) is 0 Å². The van der Waals surface area contributed by atoms with E-state index in [9.17, 15) is 4.39 Å². The molecular weight excluding hydrogens is 133 g/mol. The third-order valence-corrected chi connectivity index (χ3v) is 1.00. The molecule has 2 nitrogen and oxygen atoms in total. The lowest BCUT2D eigenvalue weighted by molar-refractivity contribution is 0.0807. The van der Waals surface area contributed by atoms with Crippen molar-refractivity contribution in [2.24, 2.45) is 0 Å². The minimum atomic E-state index is -0.304. The van der Waals surface area contributed by atoms with Gasteiger partial charge in [0.2, 0.25) is 0 Å². The lowest BCUT2D eigenvalue weighted by Gasteiger charge is -2.06. The second kappa shape index (κ2) is 6.96. The molecule has 0 saturated carbocycles. The van der Waals surface area contributed by atoms with Crippen LogP contribution >= 0.6 is 0 Å². The molecule has 0 atom stereocenters. The van der Waals surface area contributed by atoms with Crippen molar-refractivity contribution >= 4 is 0 Å². The molecule has 0 aromatic heterocycles. The number of alkyl halides is 1. The summed E-state index contributed by atoms with van der Waals surface area (Å²) in [6.07, 6.45) is 0.271. The molecule has 3 heteroatoms. The number of ether oxygens (including phenoxy) is 1. The molecule has 62 valence electrons. The highest BCUT2D eigenvalue weighted by Crippen LogP contribution is 1.84. The Morgan fingerprint density at radius 1 is 1.40 bits per heavy atom. The molecule has 0 rings (SSSR count). The van der Waals surface area contributed by atoms with E-state index in [-0.39, 0.29) is 12.8 Å². The van der Waals surface area contributed by atoms with Crippen molar-refractivity contribution in [3.05, 3.63) is 0 Å². The van der Waals surface area contributed by atoms with Gasteiger partial charge in [0.15, 0.2) is 0 Å². The van der Waals surface area contributed by atoms with E-state index in [1.807, 2.05) is 13.8 Å². The van der Waals surface area contributed by atoms with Crippen LogP contribution in [0.5, 0.6) is 0 Å². The van der Waals surface area contributed by atoms with Gasteiger partial charge in [-0.3, -0.25) is 0 Å². The topological polar surface area (TPSA) is 21.3 Å². The minimum absolute atomic E-state index is 0.271. The highest BCUT2D eigenvalue weighted by Gasteiger charge is 1.91. The Bertz CT molecular complexity index is 68.6. The van der Waals surface area contributed by atoms with Gasteiger partial charge in [0.25, 0.3) is 0 Å². The molecule has 0 unspecified atom stereocenters. The van der Waals surface area contributed by atoms with Gasteiger partial charge < -0.3 is 10.1 Å². The van der Waals surface area contributed by atoms with E-state index < -0.39 is 0 Å². The molecule has 0 aliphatic rings. The lowest BCUT2D eigenvalue weighted by Crippen LogP contribution is -2.23. The minimum Gasteiger partial charge on any atom is -0.377 e. The highest BCUT2D eigenvalue weighted by molar-refractivity contribution is 4.44. The fraction of sp³-hybridized carbons (Fsp3) is 1.00. The van der Waals surface area contributed by atoms with Crippen molar-refractivity contribution in [2.45, 2.75) is 20.0 Å². The normalized spacial score (nSPS) is 10.8. The van der Waals surface area contributed by atoms with Crippen molar-refractivity contribution in [1.29, 1.82) is 0 Å². The molecule has 0 radical (unpaired) electrons. The molecule has 10 heavy (non-hydrogen) atoms. The summed E-state index contributed by atoms with van der Waals surface area (Å²) in [4.78, 5) is 0. The molecule has 0 aliphatic carbocycles. The smallest absolute Gasteiger partial charge is 0.102 e. The fourth-order valence-corrected chi connectivity index (χ4v) is 0.559. The first-order chi connectivity index (χ1) is 4.77. The van der Waals surface area contributed by atoms with Crippen molar-refractivity contribution in [3.8, 4) is 0 Å². The molecule has 0 aromatic rings. The Kier molecular flexibility index (Phi) is 6.86. The van der Waals surface area contributed by atoms with Crippen LogP contribution in [0.15, 0.2) is 0 Å². The summed E-state index contributed by atoms with van der Waals surface area (Å²) in [5.41, 5.74) is 0. The molecule has 0 fully saturated rings. The van der Waals surface area contributed by atoms with E-state index in [0.717, 1.165) is 6.54 Å². The van der Waals surface area contributed by atoms with Crippen LogP contribution in [-0.2, 0) is 4.74 Å². The Labute approximate surface area is 61.8 Å². The van der Waals surface area contributed by atoms with E-state index in [1.165, 1.54) is 0 Å². The molecule has 0 aliphatic heterocycles. The number of nitrogens with one attached hydrogen (secondary N) is 1.